The summed E-state index contributed by atoms with van der Waals surface area (Å²) in [5.41, 5.74) is 0.381. The van der Waals surface area contributed by atoms with E-state index in [9.17, 15) is 8.78 Å². The summed E-state index contributed by atoms with van der Waals surface area (Å²) in [5.74, 6) is -1.05. The first-order valence-corrected chi connectivity index (χ1v) is 7.08. The maximum Gasteiger partial charge on any atom is 0.190 e. The Labute approximate surface area is 127 Å². The summed E-state index contributed by atoms with van der Waals surface area (Å²) >= 11 is 5.54. The zero-order chi connectivity index (χ0) is 15.1. The second kappa shape index (κ2) is 7.84. The highest BCUT2D eigenvalue weighted by Crippen LogP contribution is 2.24. The van der Waals surface area contributed by atoms with E-state index in [0.29, 0.717) is 18.6 Å². The van der Waals surface area contributed by atoms with Crippen LogP contribution in [0, 0.1) is 11.6 Å². The van der Waals surface area contributed by atoms with E-state index in [1.807, 2.05) is 30.3 Å². The molecule has 0 spiro atoms. The summed E-state index contributed by atoms with van der Waals surface area (Å²) in [6.45, 7) is 0.577. The topological polar surface area (TPSA) is 18.5 Å². The van der Waals surface area contributed by atoms with Crippen molar-refractivity contribution in [2.45, 2.75) is 12.3 Å². The van der Waals surface area contributed by atoms with Gasteiger partial charge in [0.25, 0.3) is 0 Å². The van der Waals surface area contributed by atoms with E-state index in [2.05, 4.69) is 0 Å². The molecule has 0 saturated heterocycles. The summed E-state index contributed by atoms with van der Waals surface area (Å²) < 4.78 is 37.8. The van der Waals surface area contributed by atoms with Crippen molar-refractivity contribution >= 4 is 11.6 Å². The van der Waals surface area contributed by atoms with Gasteiger partial charge in [-0.25, -0.2) is 8.78 Å². The molecular formula is C16H15ClF2O2. The average molecular weight is 313 g/mol. The quantitative estimate of drug-likeness (QED) is 0.551. The van der Waals surface area contributed by atoms with Crippen LogP contribution in [0.4, 0.5) is 8.78 Å². The molecule has 0 aliphatic heterocycles. The highest BCUT2D eigenvalue weighted by atomic mass is 35.5. The third-order valence-electron chi connectivity index (χ3n) is 2.76. The molecule has 2 aromatic rings. The van der Waals surface area contributed by atoms with Crippen molar-refractivity contribution in [3.63, 3.8) is 0 Å². The van der Waals surface area contributed by atoms with Crippen LogP contribution in [0.3, 0.4) is 0 Å². The number of rotatable bonds is 7. The Morgan fingerprint density at radius 2 is 1.52 bits per heavy atom. The number of alkyl halides is 1. The van der Waals surface area contributed by atoms with Crippen molar-refractivity contribution in [2.75, 3.05) is 13.2 Å². The number of hydrogen-bond donors (Lipinski definition) is 0. The Hall–Kier alpha value is -1.81. The maximum absolute atomic E-state index is 13.6. The van der Waals surface area contributed by atoms with E-state index in [-0.39, 0.29) is 18.2 Å². The van der Waals surface area contributed by atoms with Crippen LogP contribution < -0.4 is 9.47 Å². The predicted octanol–water partition coefficient (Wildman–Crippen LogP) is 4.55. The smallest absolute Gasteiger partial charge is 0.190 e. The molecular weight excluding hydrogens is 298 g/mol. The zero-order valence-corrected chi connectivity index (χ0v) is 12.1. The molecule has 0 aliphatic rings. The van der Waals surface area contributed by atoms with Crippen molar-refractivity contribution in [3.05, 3.63) is 59.7 Å². The minimum absolute atomic E-state index is 0.0546. The molecule has 5 heteroatoms. The van der Waals surface area contributed by atoms with Crippen LogP contribution in [0.25, 0.3) is 0 Å². The molecule has 0 bridgehead atoms. The fraction of sp³-hybridized carbons (Fsp3) is 0.250. The Balaban J connectivity index is 1.79. The number of benzene rings is 2. The Bertz CT molecular complexity index is 553. The lowest BCUT2D eigenvalue weighted by molar-refractivity contribution is 0.234. The molecule has 0 aliphatic carbocycles. The van der Waals surface area contributed by atoms with Gasteiger partial charge in [0.1, 0.15) is 5.75 Å². The van der Waals surface area contributed by atoms with Crippen molar-refractivity contribution in [3.8, 4) is 11.5 Å². The molecule has 0 unspecified atom stereocenters. The molecule has 0 heterocycles. The van der Waals surface area contributed by atoms with Gasteiger partial charge in [-0.1, -0.05) is 18.2 Å². The SMILES string of the molecule is Fc1cc(CCl)cc(F)c1OCCCOc1ccccc1. The van der Waals surface area contributed by atoms with Gasteiger partial charge in [-0.2, -0.15) is 0 Å². The Kier molecular flexibility index (Phi) is 5.81. The summed E-state index contributed by atoms with van der Waals surface area (Å²) in [5, 5.41) is 0. The maximum atomic E-state index is 13.6. The second-order valence-electron chi connectivity index (χ2n) is 4.39. The molecule has 0 atom stereocenters. The molecule has 0 fully saturated rings. The summed E-state index contributed by atoms with van der Waals surface area (Å²) in [4.78, 5) is 0. The lowest BCUT2D eigenvalue weighted by Crippen LogP contribution is -2.07. The van der Waals surface area contributed by atoms with Crippen LogP contribution in [-0.2, 0) is 5.88 Å². The van der Waals surface area contributed by atoms with Crippen molar-refractivity contribution in [2.24, 2.45) is 0 Å². The molecule has 21 heavy (non-hydrogen) atoms. The van der Waals surface area contributed by atoms with Gasteiger partial charge in [0.05, 0.1) is 13.2 Å². The molecule has 2 aromatic carbocycles. The summed E-state index contributed by atoms with van der Waals surface area (Å²) in [7, 11) is 0. The van der Waals surface area contributed by atoms with Gasteiger partial charge >= 0.3 is 0 Å². The van der Waals surface area contributed by atoms with E-state index in [0.717, 1.165) is 5.75 Å². The molecule has 2 rings (SSSR count). The van der Waals surface area contributed by atoms with Crippen molar-refractivity contribution < 1.29 is 18.3 Å². The fourth-order valence-corrected chi connectivity index (χ4v) is 1.92. The number of para-hydroxylation sites is 1. The van der Waals surface area contributed by atoms with Crippen LogP contribution in [0.1, 0.15) is 12.0 Å². The zero-order valence-electron chi connectivity index (χ0n) is 11.3. The molecule has 0 saturated carbocycles. The minimum Gasteiger partial charge on any atom is -0.493 e. The first-order valence-electron chi connectivity index (χ1n) is 6.55. The van der Waals surface area contributed by atoms with E-state index in [1.165, 1.54) is 12.1 Å². The minimum atomic E-state index is -0.741. The Morgan fingerprint density at radius 1 is 0.905 bits per heavy atom. The van der Waals surface area contributed by atoms with Crippen molar-refractivity contribution in [1.29, 1.82) is 0 Å². The number of halogens is 3. The molecule has 0 N–H and O–H groups in total. The van der Waals surface area contributed by atoms with E-state index >= 15 is 0 Å². The summed E-state index contributed by atoms with van der Waals surface area (Å²) in [6, 6.07) is 11.7. The van der Waals surface area contributed by atoms with Gasteiger partial charge in [0, 0.05) is 12.3 Å². The standard InChI is InChI=1S/C16H15ClF2O2/c17-11-12-9-14(18)16(15(19)10-12)21-8-4-7-20-13-5-2-1-3-6-13/h1-3,5-6,9-10H,4,7-8,11H2. The average Bonchev–Trinajstić information content (AvgIpc) is 2.50. The first-order chi connectivity index (χ1) is 10.2. The van der Waals surface area contributed by atoms with Gasteiger partial charge in [0.2, 0.25) is 0 Å². The van der Waals surface area contributed by atoms with Gasteiger partial charge in [-0.15, -0.1) is 11.6 Å². The third kappa shape index (κ3) is 4.60. The molecule has 112 valence electrons. The molecule has 0 amide bonds. The molecule has 0 aromatic heterocycles. The predicted molar refractivity (Wildman–Crippen MR) is 78.0 cm³/mol. The monoisotopic (exact) mass is 312 g/mol. The Morgan fingerprint density at radius 3 is 2.14 bits per heavy atom. The van der Waals surface area contributed by atoms with Crippen LogP contribution in [-0.4, -0.2) is 13.2 Å². The lowest BCUT2D eigenvalue weighted by Gasteiger charge is -2.10. The second-order valence-corrected chi connectivity index (χ2v) is 4.65. The lowest BCUT2D eigenvalue weighted by atomic mass is 10.2. The molecule has 2 nitrogen and oxygen atoms in total. The van der Waals surface area contributed by atoms with E-state index < -0.39 is 11.6 Å². The van der Waals surface area contributed by atoms with Crippen molar-refractivity contribution in [1.82, 2.24) is 0 Å². The van der Waals surface area contributed by atoms with Crippen LogP contribution in [0.2, 0.25) is 0 Å². The van der Waals surface area contributed by atoms with Crippen LogP contribution >= 0.6 is 11.6 Å². The molecule has 0 radical (unpaired) electrons. The first kappa shape index (κ1) is 15.6. The largest absolute Gasteiger partial charge is 0.493 e. The summed E-state index contributed by atoms with van der Waals surface area (Å²) in [6.07, 6.45) is 0.519. The van der Waals surface area contributed by atoms with Gasteiger partial charge in [0.15, 0.2) is 17.4 Å². The van der Waals surface area contributed by atoms with Gasteiger partial charge in [-0.05, 0) is 29.8 Å². The fourth-order valence-electron chi connectivity index (χ4n) is 1.77. The normalized spacial score (nSPS) is 10.4. The highest BCUT2D eigenvalue weighted by molar-refractivity contribution is 6.17. The van der Waals surface area contributed by atoms with Crippen LogP contribution in [0.15, 0.2) is 42.5 Å². The van der Waals surface area contributed by atoms with Gasteiger partial charge in [-0.3, -0.25) is 0 Å². The highest BCUT2D eigenvalue weighted by Gasteiger charge is 2.12. The number of ether oxygens (including phenoxy) is 2. The van der Waals surface area contributed by atoms with E-state index in [4.69, 9.17) is 21.1 Å². The number of hydrogen-bond acceptors (Lipinski definition) is 2. The third-order valence-corrected chi connectivity index (χ3v) is 3.07. The van der Waals surface area contributed by atoms with E-state index in [1.54, 1.807) is 0 Å². The van der Waals surface area contributed by atoms with Crippen LogP contribution in [0.5, 0.6) is 11.5 Å². The van der Waals surface area contributed by atoms with Gasteiger partial charge < -0.3 is 9.47 Å².